The Bertz CT molecular complexity index is 533. The molecule has 22 heavy (non-hydrogen) atoms. The van der Waals surface area contributed by atoms with Crippen LogP contribution in [0.3, 0.4) is 0 Å². The summed E-state index contributed by atoms with van der Waals surface area (Å²) in [6.07, 6.45) is 0.726. The van der Waals surface area contributed by atoms with Crippen molar-refractivity contribution < 1.29 is 14.0 Å². The van der Waals surface area contributed by atoms with E-state index in [4.69, 9.17) is 19.8 Å². The molecule has 122 valence electrons. The average Bonchev–Trinajstić information content (AvgIpc) is 2.56. The molecule has 1 aliphatic heterocycles. The first-order chi connectivity index (χ1) is 9.95. The highest BCUT2D eigenvalue weighted by molar-refractivity contribution is 6.62. The van der Waals surface area contributed by atoms with E-state index in [1.807, 2.05) is 26.0 Å². The van der Waals surface area contributed by atoms with Crippen molar-refractivity contribution in [3.05, 3.63) is 23.8 Å². The highest BCUT2D eigenvalue weighted by atomic mass is 16.7. The maximum absolute atomic E-state index is 6.16. The van der Waals surface area contributed by atoms with Gasteiger partial charge in [-0.15, -0.1) is 0 Å². The van der Waals surface area contributed by atoms with Gasteiger partial charge < -0.3 is 19.8 Å². The zero-order valence-corrected chi connectivity index (χ0v) is 14.8. The van der Waals surface area contributed by atoms with Crippen LogP contribution in [-0.2, 0) is 15.7 Å². The van der Waals surface area contributed by atoms with Crippen LogP contribution in [0.1, 0.15) is 47.1 Å². The van der Waals surface area contributed by atoms with Gasteiger partial charge in [0.2, 0.25) is 0 Å². The maximum Gasteiger partial charge on any atom is 0.494 e. The zero-order valence-electron chi connectivity index (χ0n) is 14.8. The highest BCUT2D eigenvalue weighted by Gasteiger charge is 2.51. The molecular formula is C17H28BNO3. The number of hydrogen-bond donors (Lipinski definition) is 1. The first-order valence-corrected chi connectivity index (χ1v) is 7.76. The summed E-state index contributed by atoms with van der Waals surface area (Å²) in [5, 5.41) is 0. The van der Waals surface area contributed by atoms with E-state index in [1.54, 1.807) is 7.11 Å². The number of benzene rings is 1. The van der Waals surface area contributed by atoms with Gasteiger partial charge in [0.05, 0.1) is 18.3 Å². The third-order valence-electron chi connectivity index (χ3n) is 4.48. The summed E-state index contributed by atoms with van der Waals surface area (Å²) < 4.78 is 17.7. The predicted molar refractivity (Wildman–Crippen MR) is 90.7 cm³/mol. The summed E-state index contributed by atoms with van der Waals surface area (Å²) in [5.41, 5.74) is 7.24. The Balaban J connectivity index is 2.32. The van der Waals surface area contributed by atoms with Gasteiger partial charge in [0, 0.05) is 5.54 Å². The summed E-state index contributed by atoms with van der Waals surface area (Å²) in [5.74, 6) is 0.846. The molecule has 0 bridgehead atoms. The number of nitrogens with two attached hydrogens (primary N) is 1. The minimum atomic E-state index is -0.365. The second kappa shape index (κ2) is 5.55. The minimum absolute atomic E-state index is 0.304. The lowest BCUT2D eigenvalue weighted by Crippen LogP contribution is -2.41. The van der Waals surface area contributed by atoms with Crippen LogP contribution >= 0.6 is 0 Å². The number of methoxy groups -OCH3 is 1. The van der Waals surface area contributed by atoms with Crippen LogP contribution < -0.4 is 15.9 Å². The molecule has 1 fully saturated rings. The fourth-order valence-corrected chi connectivity index (χ4v) is 2.55. The zero-order chi connectivity index (χ0) is 16.8. The lowest BCUT2D eigenvalue weighted by molar-refractivity contribution is 0.00578. The molecule has 1 heterocycles. The minimum Gasteiger partial charge on any atom is -0.496 e. The molecule has 0 atom stereocenters. The fourth-order valence-electron chi connectivity index (χ4n) is 2.55. The fraction of sp³-hybridized carbons (Fsp3) is 0.647. The topological polar surface area (TPSA) is 53.7 Å². The van der Waals surface area contributed by atoms with Crippen molar-refractivity contribution >= 4 is 12.6 Å². The third-order valence-corrected chi connectivity index (χ3v) is 4.48. The summed E-state index contributed by atoms with van der Waals surface area (Å²) in [6, 6.07) is 6.03. The van der Waals surface area contributed by atoms with Crippen molar-refractivity contribution in [2.45, 2.75) is 64.7 Å². The van der Waals surface area contributed by atoms with Gasteiger partial charge in [-0.1, -0.05) is 12.1 Å². The third kappa shape index (κ3) is 3.48. The van der Waals surface area contributed by atoms with E-state index in [2.05, 4.69) is 33.8 Å². The van der Waals surface area contributed by atoms with Crippen LogP contribution in [0, 0.1) is 0 Å². The Morgan fingerprint density at radius 3 is 2.14 bits per heavy atom. The van der Waals surface area contributed by atoms with E-state index in [-0.39, 0.29) is 23.9 Å². The number of hydrogen-bond acceptors (Lipinski definition) is 4. The maximum atomic E-state index is 6.16. The molecule has 5 heteroatoms. The molecule has 1 aromatic carbocycles. The molecule has 2 rings (SSSR count). The Morgan fingerprint density at radius 2 is 1.68 bits per heavy atom. The SMILES string of the molecule is COc1ccc(B2OC(C)(C)C(C)(C)O2)cc1CC(C)(C)N. The van der Waals surface area contributed by atoms with Crippen molar-refractivity contribution in [2.24, 2.45) is 5.73 Å². The summed E-state index contributed by atoms with van der Waals surface area (Å²) in [6.45, 7) is 12.2. The van der Waals surface area contributed by atoms with Crippen LogP contribution in [0.2, 0.25) is 0 Å². The Hall–Kier alpha value is -1.04. The monoisotopic (exact) mass is 305 g/mol. The van der Waals surface area contributed by atoms with E-state index < -0.39 is 0 Å². The van der Waals surface area contributed by atoms with E-state index in [0.29, 0.717) is 0 Å². The number of rotatable bonds is 4. The van der Waals surface area contributed by atoms with Gasteiger partial charge in [0.15, 0.2) is 0 Å². The van der Waals surface area contributed by atoms with E-state index >= 15 is 0 Å². The molecule has 0 unspecified atom stereocenters. The molecule has 1 aromatic rings. The molecule has 0 amide bonds. The Kier molecular flexibility index (Phi) is 4.37. The second-order valence-electron chi connectivity index (χ2n) is 7.82. The van der Waals surface area contributed by atoms with Gasteiger partial charge in [-0.3, -0.25) is 0 Å². The second-order valence-corrected chi connectivity index (χ2v) is 7.82. The molecule has 0 aromatic heterocycles. The van der Waals surface area contributed by atoms with Crippen molar-refractivity contribution in [1.29, 1.82) is 0 Å². The van der Waals surface area contributed by atoms with Crippen LogP contribution in [0.5, 0.6) is 5.75 Å². The van der Waals surface area contributed by atoms with Crippen molar-refractivity contribution in [1.82, 2.24) is 0 Å². The lowest BCUT2D eigenvalue weighted by atomic mass is 9.77. The van der Waals surface area contributed by atoms with Crippen molar-refractivity contribution in [2.75, 3.05) is 7.11 Å². The van der Waals surface area contributed by atoms with Crippen molar-refractivity contribution in [3.8, 4) is 5.75 Å². The molecule has 0 saturated carbocycles. The van der Waals surface area contributed by atoms with E-state index in [1.165, 1.54) is 0 Å². The summed E-state index contributed by atoms with van der Waals surface area (Å²) >= 11 is 0. The first-order valence-electron chi connectivity index (χ1n) is 7.76. The van der Waals surface area contributed by atoms with Crippen LogP contribution in [0.15, 0.2) is 18.2 Å². The van der Waals surface area contributed by atoms with Gasteiger partial charge in [-0.05, 0) is 65.1 Å². The quantitative estimate of drug-likeness (QED) is 0.867. The van der Waals surface area contributed by atoms with Gasteiger partial charge in [-0.25, -0.2) is 0 Å². The lowest BCUT2D eigenvalue weighted by Gasteiger charge is -2.32. The largest absolute Gasteiger partial charge is 0.496 e. The first kappa shape index (κ1) is 17.3. The van der Waals surface area contributed by atoms with Crippen LogP contribution in [0.25, 0.3) is 0 Å². The van der Waals surface area contributed by atoms with Crippen LogP contribution in [-0.4, -0.2) is 31.0 Å². The van der Waals surface area contributed by atoms with Gasteiger partial charge >= 0.3 is 7.12 Å². The molecule has 0 radical (unpaired) electrons. The highest BCUT2D eigenvalue weighted by Crippen LogP contribution is 2.36. The van der Waals surface area contributed by atoms with E-state index in [0.717, 1.165) is 23.2 Å². The van der Waals surface area contributed by atoms with Gasteiger partial charge in [-0.2, -0.15) is 0 Å². The smallest absolute Gasteiger partial charge is 0.494 e. The molecular weight excluding hydrogens is 277 g/mol. The molecule has 4 nitrogen and oxygen atoms in total. The number of ether oxygens (including phenoxy) is 1. The van der Waals surface area contributed by atoms with Crippen LogP contribution in [0.4, 0.5) is 0 Å². The summed E-state index contributed by atoms with van der Waals surface area (Å²) in [4.78, 5) is 0. The Morgan fingerprint density at radius 1 is 1.14 bits per heavy atom. The van der Waals surface area contributed by atoms with Gasteiger partial charge in [0.1, 0.15) is 5.75 Å². The molecule has 0 spiro atoms. The molecule has 1 aliphatic rings. The Labute approximate surface area is 134 Å². The summed E-state index contributed by atoms with van der Waals surface area (Å²) in [7, 11) is 1.31. The van der Waals surface area contributed by atoms with Crippen molar-refractivity contribution in [3.63, 3.8) is 0 Å². The standard InChI is InChI=1S/C17H28BNO3/c1-15(2,19)11-12-10-13(8-9-14(12)20-7)18-21-16(3,4)17(5,6)22-18/h8-10H,11,19H2,1-7H3. The average molecular weight is 305 g/mol. The normalized spacial score (nSPS) is 20.3. The molecule has 0 aliphatic carbocycles. The molecule has 2 N–H and O–H groups in total. The molecule has 1 saturated heterocycles. The van der Waals surface area contributed by atoms with Gasteiger partial charge in [0.25, 0.3) is 0 Å². The van der Waals surface area contributed by atoms with E-state index in [9.17, 15) is 0 Å². The predicted octanol–water partition coefficient (Wildman–Crippen LogP) is 2.27.